The fourth-order valence-electron chi connectivity index (χ4n) is 2.76. The average molecular weight is 254 g/mol. The van der Waals surface area contributed by atoms with Crippen LogP contribution in [0.15, 0.2) is 0 Å². The number of nitrogens with zero attached hydrogens (tertiary/aromatic N) is 1. The Balaban J connectivity index is 2.01. The van der Waals surface area contributed by atoms with Gasteiger partial charge in [-0.2, -0.15) is 0 Å². The third-order valence-corrected chi connectivity index (χ3v) is 3.94. The highest BCUT2D eigenvalue weighted by Gasteiger charge is 2.45. The lowest BCUT2D eigenvalue weighted by atomic mass is 9.85. The first kappa shape index (κ1) is 13.3. The van der Waals surface area contributed by atoms with E-state index in [1.54, 1.807) is 11.8 Å². The van der Waals surface area contributed by atoms with E-state index in [-0.39, 0.29) is 36.0 Å². The van der Waals surface area contributed by atoms with Crippen LogP contribution in [0, 0.1) is 0 Å². The number of rotatable bonds is 4. The van der Waals surface area contributed by atoms with Gasteiger partial charge in [0.1, 0.15) is 12.1 Å². The molecule has 18 heavy (non-hydrogen) atoms. The number of carbonyl (C=O) groups is 2. The van der Waals surface area contributed by atoms with Gasteiger partial charge in [0, 0.05) is 12.6 Å². The van der Waals surface area contributed by atoms with Crippen molar-refractivity contribution in [3.63, 3.8) is 0 Å². The van der Waals surface area contributed by atoms with Crippen molar-refractivity contribution < 1.29 is 14.3 Å². The smallest absolute Gasteiger partial charge is 0.246 e. The lowest BCUT2D eigenvalue weighted by Gasteiger charge is -2.48. The standard InChI is InChI=1S/C13H22N2O3/c1-4-11-13(17)15(8(3)12(16)14-11)9-6-10(7-9)18-5-2/h8-11H,4-7H2,1-3H3,(H,14,16). The SMILES string of the molecule is CCOC1CC(N2C(=O)C(CC)NC(=O)C2C)C1. The van der Waals surface area contributed by atoms with Crippen molar-refractivity contribution in [3.8, 4) is 0 Å². The molecule has 2 amide bonds. The van der Waals surface area contributed by atoms with E-state index in [2.05, 4.69) is 5.32 Å². The molecule has 0 spiro atoms. The van der Waals surface area contributed by atoms with Crippen molar-refractivity contribution in [3.05, 3.63) is 0 Å². The van der Waals surface area contributed by atoms with Crippen LogP contribution >= 0.6 is 0 Å². The molecule has 0 aromatic heterocycles. The molecule has 1 saturated heterocycles. The predicted molar refractivity (Wildman–Crippen MR) is 67.0 cm³/mol. The molecule has 2 aliphatic rings. The maximum absolute atomic E-state index is 12.3. The van der Waals surface area contributed by atoms with Crippen LogP contribution in [-0.2, 0) is 14.3 Å². The molecule has 0 aromatic carbocycles. The van der Waals surface area contributed by atoms with Crippen LogP contribution in [0.1, 0.15) is 40.0 Å². The van der Waals surface area contributed by atoms with E-state index in [0.717, 1.165) is 12.8 Å². The Morgan fingerprint density at radius 2 is 2.00 bits per heavy atom. The van der Waals surface area contributed by atoms with Crippen molar-refractivity contribution in [2.24, 2.45) is 0 Å². The van der Waals surface area contributed by atoms with Crippen LogP contribution in [0.25, 0.3) is 0 Å². The molecule has 0 radical (unpaired) electrons. The van der Waals surface area contributed by atoms with Gasteiger partial charge < -0.3 is 15.0 Å². The summed E-state index contributed by atoms with van der Waals surface area (Å²) in [5.41, 5.74) is 0. The van der Waals surface area contributed by atoms with Gasteiger partial charge in [-0.3, -0.25) is 9.59 Å². The van der Waals surface area contributed by atoms with Gasteiger partial charge in [-0.05, 0) is 33.1 Å². The molecule has 0 bridgehead atoms. The lowest BCUT2D eigenvalue weighted by molar-refractivity contribution is -0.157. The van der Waals surface area contributed by atoms with E-state index in [4.69, 9.17) is 4.74 Å². The summed E-state index contributed by atoms with van der Waals surface area (Å²) in [5, 5.41) is 2.77. The van der Waals surface area contributed by atoms with Gasteiger partial charge >= 0.3 is 0 Å². The highest BCUT2D eigenvalue weighted by atomic mass is 16.5. The fraction of sp³-hybridized carbons (Fsp3) is 0.846. The first-order valence-corrected chi connectivity index (χ1v) is 6.82. The molecule has 1 N–H and O–H groups in total. The normalized spacial score (nSPS) is 36.3. The molecular formula is C13H22N2O3. The van der Waals surface area contributed by atoms with E-state index in [0.29, 0.717) is 13.0 Å². The minimum Gasteiger partial charge on any atom is -0.378 e. The number of piperazine rings is 1. The summed E-state index contributed by atoms with van der Waals surface area (Å²) in [6.07, 6.45) is 2.61. The molecular weight excluding hydrogens is 232 g/mol. The van der Waals surface area contributed by atoms with E-state index >= 15 is 0 Å². The van der Waals surface area contributed by atoms with Crippen LogP contribution in [0.4, 0.5) is 0 Å². The second kappa shape index (κ2) is 5.26. The number of ether oxygens (including phenoxy) is 1. The van der Waals surface area contributed by atoms with E-state index in [1.807, 2.05) is 13.8 Å². The van der Waals surface area contributed by atoms with E-state index in [1.165, 1.54) is 0 Å². The number of hydrogen-bond donors (Lipinski definition) is 1. The maximum atomic E-state index is 12.3. The Kier molecular flexibility index (Phi) is 3.90. The molecule has 1 aliphatic heterocycles. The zero-order valence-electron chi connectivity index (χ0n) is 11.3. The van der Waals surface area contributed by atoms with Gasteiger partial charge in [0.25, 0.3) is 0 Å². The number of carbonyl (C=O) groups excluding carboxylic acids is 2. The summed E-state index contributed by atoms with van der Waals surface area (Å²) < 4.78 is 5.51. The Hall–Kier alpha value is -1.10. The highest BCUT2D eigenvalue weighted by molar-refractivity contribution is 5.96. The molecule has 2 fully saturated rings. The Morgan fingerprint density at radius 3 is 2.56 bits per heavy atom. The summed E-state index contributed by atoms with van der Waals surface area (Å²) in [4.78, 5) is 25.9. The van der Waals surface area contributed by atoms with Crippen molar-refractivity contribution in [2.75, 3.05) is 6.61 Å². The van der Waals surface area contributed by atoms with Crippen LogP contribution in [-0.4, -0.2) is 47.6 Å². The van der Waals surface area contributed by atoms with E-state index < -0.39 is 0 Å². The monoisotopic (exact) mass is 254 g/mol. The summed E-state index contributed by atoms with van der Waals surface area (Å²) >= 11 is 0. The molecule has 2 unspecified atom stereocenters. The Bertz CT molecular complexity index is 339. The largest absolute Gasteiger partial charge is 0.378 e. The average Bonchev–Trinajstić information content (AvgIpc) is 2.30. The van der Waals surface area contributed by atoms with Crippen molar-refractivity contribution >= 4 is 11.8 Å². The third-order valence-electron chi connectivity index (χ3n) is 3.94. The second-order valence-electron chi connectivity index (χ2n) is 5.09. The predicted octanol–water partition coefficient (Wildman–Crippen LogP) is 0.679. The molecule has 0 aromatic rings. The molecule has 2 atom stereocenters. The quantitative estimate of drug-likeness (QED) is 0.802. The molecule has 5 nitrogen and oxygen atoms in total. The summed E-state index contributed by atoms with van der Waals surface area (Å²) in [7, 11) is 0. The first-order valence-electron chi connectivity index (χ1n) is 6.82. The van der Waals surface area contributed by atoms with Crippen LogP contribution in [0.3, 0.4) is 0 Å². The maximum Gasteiger partial charge on any atom is 0.246 e. The third kappa shape index (κ3) is 2.23. The molecule has 2 rings (SSSR count). The van der Waals surface area contributed by atoms with Gasteiger partial charge in [0.05, 0.1) is 6.10 Å². The van der Waals surface area contributed by atoms with Gasteiger partial charge in [0.2, 0.25) is 11.8 Å². The lowest BCUT2D eigenvalue weighted by Crippen LogP contribution is -2.67. The highest BCUT2D eigenvalue weighted by Crippen LogP contribution is 2.31. The number of amides is 2. The van der Waals surface area contributed by atoms with Crippen LogP contribution in [0.2, 0.25) is 0 Å². The van der Waals surface area contributed by atoms with Gasteiger partial charge in [0.15, 0.2) is 0 Å². The minimum absolute atomic E-state index is 0.0405. The van der Waals surface area contributed by atoms with Gasteiger partial charge in [-0.25, -0.2) is 0 Å². The molecule has 102 valence electrons. The van der Waals surface area contributed by atoms with Gasteiger partial charge in [-0.1, -0.05) is 6.92 Å². The molecule has 1 saturated carbocycles. The van der Waals surface area contributed by atoms with Crippen molar-refractivity contribution in [2.45, 2.75) is 64.3 Å². The van der Waals surface area contributed by atoms with Crippen LogP contribution in [0.5, 0.6) is 0 Å². The topological polar surface area (TPSA) is 58.6 Å². The second-order valence-corrected chi connectivity index (χ2v) is 5.09. The minimum atomic E-state index is -0.354. The van der Waals surface area contributed by atoms with Gasteiger partial charge in [-0.15, -0.1) is 0 Å². The number of nitrogens with one attached hydrogen (secondary N) is 1. The number of hydrogen-bond acceptors (Lipinski definition) is 3. The summed E-state index contributed by atoms with van der Waals surface area (Å²) in [6, 6.07) is -0.531. The zero-order valence-corrected chi connectivity index (χ0v) is 11.3. The summed E-state index contributed by atoms with van der Waals surface area (Å²) in [5.74, 6) is 0.0193. The van der Waals surface area contributed by atoms with Crippen LogP contribution < -0.4 is 5.32 Å². The van der Waals surface area contributed by atoms with Crippen molar-refractivity contribution in [1.29, 1.82) is 0 Å². The molecule has 1 heterocycles. The fourth-order valence-corrected chi connectivity index (χ4v) is 2.76. The van der Waals surface area contributed by atoms with Crippen molar-refractivity contribution in [1.82, 2.24) is 10.2 Å². The summed E-state index contributed by atoms with van der Waals surface area (Å²) in [6.45, 7) is 6.40. The molecule has 1 aliphatic carbocycles. The molecule has 5 heteroatoms. The Labute approximate surface area is 108 Å². The van der Waals surface area contributed by atoms with E-state index in [9.17, 15) is 9.59 Å². The zero-order chi connectivity index (χ0) is 13.3. The Morgan fingerprint density at radius 1 is 1.33 bits per heavy atom. The first-order chi connectivity index (χ1) is 8.58.